The highest BCUT2D eigenvalue weighted by Crippen LogP contribution is 2.14. The molecule has 8 heteroatoms. The molecule has 0 aliphatic rings. The van der Waals surface area contributed by atoms with E-state index in [2.05, 4.69) is 15.6 Å². The van der Waals surface area contributed by atoms with Crippen LogP contribution in [0, 0.1) is 6.92 Å². The fraction of sp³-hybridized carbons (Fsp3) is 0.154. The van der Waals surface area contributed by atoms with Gasteiger partial charge >= 0.3 is 0 Å². The number of amides is 1. The first kappa shape index (κ1) is 13.4. The van der Waals surface area contributed by atoms with Crippen molar-refractivity contribution >= 4 is 23.3 Å². The SMILES string of the molecule is Cc1cc(NC(=O)c2ccc(Cn3cc(Cl)cn3)o2)no1. The van der Waals surface area contributed by atoms with Crippen LogP contribution in [-0.2, 0) is 6.54 Å². The van der Waals surface area contributed by atoms with Crippen molar-refractivity contribution in [2.24, 2.45) is 0 Å². The summed E-state index contributed by atoms with van der Waals surface area (Å²) in [4.78, 5) is 12.0. The lowest BCUT2D eigenvalue weighted by atomic mass is 10.4. The second-order valence-electron chi connectivity index (χ2n) is 4.40. The van der Waals surface area contributed by atoms with Gasteiger partial charge in [-0.2, -0.15) is 5.10 Å². The summed E-state index contributed by atoms with van der Waals surface area (Å²) in [5.41, 5.74) is 0. The van der Waals surface area contributed by atoms with E-state index in [0.717, 1.165) is 0 Å². The summed E-state index contributed by atoms with van der Waals surface area (Å²) in [6.45, 7) is 2.13. The van der Waals surface area contributed by atoms with E-state index < -0.39 is 5.91 Å². The number of aryl methyl sites for hydroxylation is 1. The van der Waals surface area contributed by atoms with E-state index in [1.807, 2.05) is 0 Å². The van der Waals surface area contributed by atoms with E-state index in [1.54, 1.807) is 36.0 Å². The largest absolute Gasteiger partial charge is 0.454 e. The number of carbonyl (C=O) groups is 1. The molecule has 0 saturated heterocycles. The molecule has 0 aliphatic heterocycles. The molecule has 0 atom stereocenters. The van der Waals surface area contributed by atoms with Gasteiger partial charge in [0.2, 0.25) is 0 Å². The first-order chi connectivity index (χ1) is 10.1. The average molecular weight is 307 g/mol. The molecular weight excluding hydrogens is 296 g/mol. The number of carbonyl (C=O) groups excluding carboxylic acids is 1. The fourth-order valence-corrected chi connectivity index (χ4v) is 1.93. The van der Waals surface area contributed by atoms with Gasteiger partial charge in [0.05, 0.1) is 17.8 Å². The van der Waals surface area contributed by atoms with E-state index in [4.69, 9.17) is 20.5 Å². The number of hydrogen-bond donors (Lipinski definition) is 1. The number of rotatable bonds is 4. The van der Waals surface area contributed by atoms with Crippen molar-refractivity contribution in [1.82, 2.24) is 14.9 Å². The third-order valence-corrected chi connectivity index (χ3v) is 2.87. The molecular formula is C13H11ClN4O3. The van der Waals surface area contributed by atoms with Gasteiger partial charge in [0.15, 0.2) is 11.6 Å². The van der Waals surface area contributed by atoms with Crippen LogP contribution in [-0.4, -0.2) is 20.8 Å². The van der Waals surface area contributed by atoms with E-state index in [1.165, 1.54) is 6.20 Å². The zero-order chi connectivity index (χ0) is 14.8. The highest BCUT2D eigenvalue weighted by atomic mass is 35.5. The van der Waals surface area contributed by atoms with Crippen molar-refractivity contribution in [3.05, 3.63) is 52.9 Å². The van der Waals surface area contributed by atoms with Crippen LogP contribution in [0.3, 0.4) is 0 Å². The minimum Gasteiger partial charge on any atom is -0.454 e. The van der Waals surface area contributed by atoms with Crippen LogP contribution >= 0.6 is 11.6 Å². The quantitative estimate of drug-likeness (QED) is 0.801. The highest BCUT2D eigenvalue weighted by molar-refractivity contribution is 6.30. The molecule has 108 valence electrons. The molecule has 0 aromatic carbocycles. The van der Waals surface area contributed by atoms with Crippen LogP contribution in [0.25, 0.3) is 0 Å². The Kier molecular flexibility index (Phi) is 3.49. The number of anilines is 1. The van der Waals surface area contributed by atoms with E-state index in [-0.39, 0.29) is 5.76 Å². The number of halogens is 1. The number of nitrogens with one attached hydrogen (secondary N) is 1. The van der Waals surface area contributed by atoms with Crippen LogP contribution < -0.4 is 5.32 Å². The summed E-state index contributed by atoms with van der Waals surface area (Å²) in [5.74, 6) is 1.34. The van der Waals surface area contributed by atoms with Crippen LogP contribution in [0.5, 0.6) is 0 Å². The van der Waals surface area contributed by atoms with E-state index in [9.17, 15) is 4.79 Å². The summed E-state index contributed by atoms with van der Waals surface area (Å²) in [6, 6.07) is 4.91. The first-order valence-electron chi connectivity index (χ1n) is 6.11. The van der Waals surface area contributed by atoms with Crippen LogP contribution in [0.4, 0.5) is 5.82 Å². The van der Waals surface area contributed by atoms with Gasteiger partial charge in [-0.25, -0.2) is 0 Å². The maximum atomic E-state index is 12.0. The molecule has 0 radical (unpaired) electrons. The van der Waals surface area contributed by atoms with Gasteiger partial charge < -0.3 is 14.3 Å². The lowest BCUT2D eigenvalue weighted by molar-refractivity contribution is 0.0993. The molecule has 0 saturated carbocycles. The molecule has 0 aliphatic carbocycles. The number of hydrogen-bond acceptors (Lipinski definition) is 5. The third kappa shape index (κ3) is 3.14. The molecule has 0 bridgehead atoms. The lowest BCUT2D eigenvalue weighted by Gasteiger charge is -1.98. The Balaban J connectivity index is 1.68. The molecule has 3 rings (SSSR count). The summed E-state index contributed by atoms with van der Waals surface area (Å²) in [7, 11) is 0. The van der Waals surface area contributed by atoms with Crippen molar-refractivity contribution < 1.29 is 13.7 Å². The van der Waals surface area contributed by atoms with E-state index in [0.29, 0.717) is 28.9 Å². The summed E-state index contributed by atoms with van der Waals surface area (Å²) < 4.78 is 11.9. The monoisotopic (exact) mass is 306 g/mol. The number of nitrogens with zero attached hydrogens (tertiary/aromatic N) is 3. The third-order valence-electron chi connectivity index (χ3n) is 2.67. The topological polar surface area (TPSA) is 86.1 Å². The Morgan fingerprint density at radius 1 is 1.48 bits per heavy atom. The van der Waals surface area contributed by atoms with Crippen LogP contribution in [0.2, 0.25) is 5.02 Å². The Hall–Kier alpha value is -2.54. The summed E-state index contributed by atoms with van der Waals surface area (Å²) in [5, 5.41) is 10.8. The highest BCUT2D eigenvalue weighted by Gasteiger charge is 2.13. The maximum absolute atomic E-state index is 12.0. The minimum absolute atomic E-state index is 0.184. The lowest BCUT2D eigenvalue weighted by Crippen LogP contribution is -2.11. The van der Waals surface area contributed by atoms with Crippen molar-refractivity contribution in [2.75, 3.05) is 5.32 Å². The molecule has 21 heavy (non-hydrogen) atoms. The standard InChI is InChI=1S/C13H11ClN4O3/c1-8-4-12(17-21-8)16-13(19)11-3-2-10(20-11)7-18-6-9(14)5-15-18/h2-6H,7H2,1H3,(H,16,17,19). The summed E-state index contributed by atoms with van der Waals surface area (Å²) >= 11 is 5.78. The second kappa shape index (κ2) is 5.45. The Labute approximate surface area is 124 Å². The smallest absolute Gasteiger partial charge is 0.292 e. The molecule has 0 spiro atoms. The maximum Gasteiger partial charge on any atom is 0.292 e. The molecule has 3 aromatic heterocycles. The number of furan rings is 1. The van der Waals surface area contributed by atoms with Crippen molar-refractivity contribution in [3.63, 3.8) is 0 Å². The van der Waals surface area contributed by atoms with Crippen LogP contribution in [0.15, 0.2) is 39.5 Å². The normalized spacial score (nSPS) is 10.8. The fourth-order valence-electron chi connectivity index (χ4n) is 1.77. The molecule has 7 nitrogen and oxygen atoms in total. The second-order valence-corrected chi connectivity index (χ2v) is 4.84. The molecule has 3 heterocycles. The first-order valence-corrected chi connectivity index (χ1v) is 6.49. The Morgan fingerprint density at radius 3 is 3.00 bits per heavy atom. The van der Waals surface area contributed by atoms with Crippen molar-refractivity contribution in [2.45, 2.75) is 13.5 Å². The average Bonchev–Trinajstić information content (AvgIpc) is 3.13. The van der Waals surface area contributed by atoms with Crippen molar-refractivity contribution in [1.29, 1.82) is 0 Å². The van der Waals surface area contributed by atoms with Crippen LogP contribution in [0.1, 0.15) is 22.1 Å². The van der Waals surface area contributed by atoms with E-state index >= 15 is 0 Å². The predicted octanol–water partition coefficient (Wildman–Crippen LogP) is 2.73. The summed E-state index contributed by atoms with van der Waals surface area (Å²) in [6.07, 6.45) is 3.20. The predicted molar refractivity (Wildman–Crippen MR) is 74.2 cm³/mol. The molecule has 1 N–H and O–H groups in total. The molecule has 1 amide bonds. The van der Waals surface area contributed by atoms with Gasteiger partial charge in [0.1, 0.15) is 11.5 Å². The van der Waals surface area contributed by atoms with Gasteiger partial charge in [-0.1, -0.05) is 16.8 Å². The molecule has 0 unspecified atom stereocenters. The number of aromatic nitrogens is 3. The Morgan fingerprint density at radius 2 is 2.33 bits per heavy atom. The van der Waals surface area contributed by atoms with Gasteiger partial charge in [-0.05, 0) is 19.1 Å². The zero-order valence-electron chi connectivity index (χ0n) is 11.0. The van der Waals surface area contributed by atoms with Gasteiger partial charge in [-0.15, -0.1) is 0 Å². The van der Waals surface area contributed by atoms with Gasteiger partial charge in [0.25, 0.3) is 5.91 Å². The van der Waals surface area contributed by atoms with Crippen molar-refractivity contribution in [3.8, 4) is 0 Å². The minimum atomic E-state index is -0.395. The van der Waals surface area contributed by atoms with Gasteiger partial charge in [-0.3, -0.25) is 9.48 Å². The molecule has 3 aromatic rings. The molecule has 0 fully saturated rings. The Bertz CT molecular complexity index is 774. The zero-order valence-corrected chi connectivity index (χ0v) is 11.8. The van der Waals surface area contributed by atoms with Gasteiger partial charge in [0, 0.05) is 12.3 Å².